The summed E-state index contributed by atoms with van der Waals surface area (Å²) in [6, 6.07) is -0.283. The Labute approximate surface area is 304 Å². The quantitative estimate of drug-likeness (QED) is 0.279. The molecule has 0 saturated carbocycles. The number of hydrogen-bond acceptors (Lipinski definition) is 14. The number of likely N-dealkylation sites (N-methyl/N-ethyl adjacent to an activating group) is 1. The molecule has 0 radical (unpaired) electrons. The van der Waals surface area contributed by atoms with E-state index in [9.17, 15) is 30.0 Å². The second-order valence-electron chi connectivity index (χ2n) is 16.4. The van der Waals surface area contributed by atoms with E-state index in [1.807, 2.05) is 32.8 Å². The number of aliphatic hydroxyl groups is 4. The van der Waals surface area contributed by atoms with Gasteiger partial charge in [0, 0.05) is 44.4 Å². The fourth-order valence-electron chi connectivity index (χ4n) is 8.17. The van der Waals surface area contributed by atoms with E-state index in [-0.39, 0.29) is 30.8 Å². The normalized spacial score (nSPS) is 49.7. The molecule has 0 aromatic heterocycles. The van der Waals surface area contributed by atoms with Crippen molar-refractivity contribution in [3.63, 3.8) is 0 Å². The molecule has 0 spiro atoms. The van der Waals surface area contributed by atoms with Gasteiger partial charge in [-0.25, -0.2) is 0 Å². The van der Waals surface area contributed by atoms with Crippen molar-refractivity contribution in [3.8, 4) is 0 Å². The summed E-state index contributed by atoms with van der Waals surface area (Å²) in [6.07, 6.45) is -8.94. The van der Waals surface area contributed by atoms with Gasteiger partial charge in [0.2, 0.25) is 0 Å². The van der Waals surface area contributed by atoms with E-state index < -0.39 is 102 Å². The van der Waals surface area contributed by atoms with Crippen LogP contribution in [-0.4, -0.2) is 150 Å². The van der Waals surface area contributed by atoms with Gasteiger partial charge in [-0.2, -0.15) is 0 Å². The Morgan fingerprint density at radius 1 is 0.804 bits per heavy atom. The summed E-state index contributed by atoms with van der Waals surface area (Å²) in [5.74, 6) is -4.50. The highest BCUT2D eigenvalue weighted by molar-refractivity contribution is 5.83. The molecular weight excluding hydrogens is 666 g/mol. The lowest BCUT2D eigenvalue weighted by Crippen LogP contribution is -2.61. The summed E-state index contributed by atoms with van der Waals surface area (Å²) in [5, 5.41) is 45.2. The molecule has 298 valence electrons. The minimum atomic E-state index is -1.97. The van der Waals surface area contributed by atoms with Crippen molar-refractivity contribution in [2.45, 2.75) is 173 Å². The maximum Gasteiger partial charge on any atom is 0.311 e. The number of esters is 1. The van der Waals surface area contributed by atoms with Crippen molar-refractivity contribution in [2.24, 2.45) is 23.7 Å². The van der Waals surface area contributed by atoms with E-state index in [4.69, 9.17) is 33.2 Å². The lowest BCUT2D eigenvalue weighted by Gasteiger charge is -2.49. The molecule has 0 aromatic rings. The van der Waals surface area contributed by atoms with Gasteiger partial charge < -0.3 is 58.5 Å². The van der Waals surface area contributed by atoms with E-state index in [2.05, 4.69) is 0 Å². The maximum atomic E-state index is 14.0. The van der Waals surface area contributed by atoms with Crippen LogP contribution in [0.1, 0.15) is 88.5 Å². The predicted octanol–water partition coefficient (Wildman–Crippen LogP) is 2.05. The van der Waals surface area contributed by atoms with Crippen molar-refractivity contribution in [1.29, 1.82) is 0 Å². The monoisotopic (exact) mass is 733 g/mol. The molecule has 0 aromatic carbocycles. The first-order valence-corrected chi connectivity index (χ1v) is 18.3. The molecule has 0 amide bonds. The van der Waals surface area contributed by atoms with Crippen molar-refractivity contribution < 1.29 is 63.2 Å². The van der Waals surface area contributed by atoms with Gasteiger partial charge >= 0.3 is 5.97 Å². The average molecular weight is 734 g/mol. The van der Waals surface area contributed by atoms with Crippen LogP contribution in [-0.2, 0) is 42.7 Å². The van der Waals surface area contributed by atoms with E-state index in [0.29, 0.717) is 6.42 Å². The second kappa shape index (κ2) is 17.0. The Hall–Kier alpha value is -1.30. The van der Waals surface area contributed by atoms with E-state index in [0.717, 1.165) is 0 Å². The molecule has 0 aliphatic carbocycles. The number of aliphatic hydroxyl groups excluding tert-OH is 3. The minimum Gasteiger partial charge on any atom is -0.459 e. The van der Waals surface area contributed by atoms with Gasteiger partial charge in [-0.3, -0.25) is 9.59 Å². The Balaban J connectivity index is 2.20. The first kappa shape index (κ1) is 44.1. The third-order valence-electron chi connectivity index (χ3n) is 12.1. The lowest BCUT2D eigenvalue weighted by molar-refractivity contribution is -0.319. The van der Waals surface area contributed by atoms with Gasteiger partial charge in [0.05, 0.1) is 47.6 Å². The molecule has 0 bridgehead atoms. The summed E-state index contributed by atoms with van der Waals surface area (Å²) in [4.78, 5) is 29.8. The number of ketones is 1. The van der Waals surface area contributed by atoms with Crippen molar-refractivity contribution in [1.82, 2.24) is 4.90 Å². The van der Waals surface area contributed by atoms with Crippen LogP contribution in [0.15, 0.2) is 0 Å². The highest BCUT2D eigenvalue weighted by Crippen LogP contribution is 2.41. The standard InChI is InChI=1S/C37H67NO13/c1-18-16-36(9,46-14)32(51-34-28(40)25(38(11)12)15-19(2)47-34)21(4)29(50-26-17-35(8,45-13)31(42)23(6)48-26)22(5)33(43)49-24(7)37(10,44)30(41)20(3)27(18)39/h18-26,28-32,34,40-42,44H,15-17H2,1-14H3/t18-,19-,20+,21+,22-,23?,24-,25?,26+,28?,29+,30-,31+,32-,34+,35?,36-,37-/m1/s1. The largest absolute Gasteiger partial charge is 0.459 e. The number of rotatable bonds is 7. The molecule has 3 aliphatic heterocycles. The number of carbonyl (C=O) groups is 2. The Kier molecular flexibility index (Phi) is 14.7. The zero-order chi connectivity index (χ0) is 39.0. The van der Waals surface area contributed by atoms with E-state index >= 15 is 0 Å². The molecule has 18 atom stereocenters. The third kappa shape index (κ3) is 9.33. The first-order valence-electron chi connectivity index (χ1n) is 18.3. The Morgan fingerprint density at radius 2 is 1.39 bits per heavy atom. The van der Waals surface area contributed by atoms with Crippen LogP contribution in [0.25, 0.3) is 0 Å². The number of hydrogen-bond donors (Lipinski definition) is 4. The van der Waals surface area contributed by atoms with Crippen molar-refractivity contribution in [3.05, 3.63) is 0 Å². The van der Waals surface area contributed by atoms with Crippen molar-refractivity contribution >= 4 is 11.8 Å². The topological polar surface area (TPSA) is 183 Å². The number of Topliss-reactive ketones (excluding diaryl/α,β-unsaturated/α-hetero) is 1. The average Bonchev–Trinajstić information content (AvgIpc) is 3.07. The van der Waals surface area contributed by atoms with Crippen LogP contribution in [0, 0.1) is 23.7 Å². The summed E-state index contributed by atoms with van der Waals surface area (Å²) in [7, 11) is 6.75. The van der Waals surface area contributed by atoms with Gasteiger partial charge in [-0.05, 0) is 75.4 Å². The number of methoxy groups -OCH3 is 2. The fourth-order valence-corrected chi connectivity index (χ4v) is 8.17. The van der Waals surface area contributed by atoms with Crippen LogP contribution in [0.4, 0.5) is 0 Å². The van der Waals surface area contributed by atoms with Gasteiger partial charge in [-0.1, -0.05) is 20.8 Å². The summed E-state index contributed by atoms with van der Waals surface area (Å²) in [5.41, 5.74) is -4.25. The van der Waals surface area contributed by atoms with Crippen LogP contribution in [0.3, 0.4) is 0 Å². The molecule has 3 saturated heterocycles. The third-order valence-corrected chi connectivity index (χ3v) is 12.1. The molecule has 51 heavy (non-hydrogen) atoms. The minimum absolute atomic E-state index is 0.109. The summed E-state index contributed by atoms with van der Waals surface area (Å²) in [6.45, 7) is 16.7. The molecule has 3 heterocycles. The molecule has 4 unspecified atom stereocenters. The SMILES string of the molecule is COC1(C)C[C@H](O[C@H]2[C@H](C)[C@@H](O[C@@H]3O[C@H](C)CC(N(C)C)C3O)[C@](C)(OC)C[C@@H](C)C(=O)[C@H](C)[C@@H](O)[C@](C)(O)[C@@H](C)OC(=O)[C@@H]2C)OC(C)[C@@H]1O. The highest BCUT2D eigenvalue weighted by Gasteiger charge is 2.53. The summed E-state index contributed by atoms with van der Waals surface area (Å²) < 4.78 is 43.6. The molecular formula is C37H67NO13. The number of ether oxygens (including phenoxy) is 7. The number of nitrogens with zero attached hydrogens (tertiary/aromatic N) is 1. The summed E-state index contributed by atoms with van der Waals surface area (Å²) >= 11 is 0. The maximum absolute atomic E-state index is 14.0. The fraction of sp³-hybridized carbons (Fsp3) is 0.946. The van der Waals surface area contributed by atoms with Crippen LogP contribution >= 0.6 is 0 Å². The molecule has 3 aliphatic rings. The van der Waals surface area contributed by atoms with Gasteiger partial charge in [0.15, 0.2) is 12.6 Å². The van der Waals surface area contributed by atoms with E-state index in [1.165, 1.54) is 35.0 Å². The van der Waals surface area contributed by atoms with Gasteiger partial charge in [0.25, 0.3) is 0 Å². The molecule has 3 rings (SSSR count). The number of carbonyl (C=O) groups excluding carboxylic acids is 2. The van der Waals surface area contributed by atoms with Gasteiger partial charge in [-0.15, -0.1) is 0 Å². The smallest absolute Gasteiger partial charge is 0.311 e. The predicted molar refractivity (Wildman–Crippen MR) is 186 cm³/mol. The first-order chi connectivity index (χ1) is 23.4. The van der Waals surface area contributed by atoms with Crippen molar-refractivity contribution in [2.75, 3.05) is 28.3 Å². The second-order valence-corrected chi connectivity index (χ2v) is 16.4. The molecule has 4 N–H and O–H groups in total. The molecule has 14 heteroatoms. The Morgan fingerprint density at radius 3 is 1.94 bits per heavy atom. The number of cyclic esters (lactones) is 1. The van der Waals surface area contributed by atoms with Crippen LogP contribution in [0.2, 0.25) is 0 Å². The molecule has 3 fully saturated rings. The lowest BCUT2D eigenvalue weighted by atomic mass is 9.74. The zero-order valence-corrected chi connectivity index (χ0v) is 33.2. The Bertz CT molecular complexity index is 1170. The zero-order valence-electron chi connectivity index (χ0n) is 33.2. The van der Waals surface area contributed by atoms with Crippen LogP contribution in [0.5, 0.6) is 0 Å². The van der Waals surface area contributed by atoms with E-state index in [1.54, 1.807) is 34.6 Å². The van der Waals surface area contributed by atoms with Gasteiger partial charge in [0.1, 0.15) is 29.7 Å². The molecule has 14 nitrogen and oxygen atoms in total. The highest BCUT2D eigenvalue weighted by atomic mass is 16.7. The van der Waals surface area contributed by atoms with Crippen LogP contribution < -0.4 is 0 Å².